The van der Waals surface area contributed by atoms with Gasteiger partial charge in [0.1, 0.15) is 11.9 Å². The molecule has 2 N–H and O–H groups in total. The number of benzene rings is 1. The molecule has 9 heteroatoms. The molecule has 8 nitrogen and oxygen atoms in total. The highest BCUT2D eigenvalue weighted by Crippen LogP contribution is 2.32. The largest absolute Gasteiger partial charge is 0.507 e. The molecule has 4 atom stereocenters. The molecule has 2 aromatic heterocycles. The lowest BCUT2D eigenvalue weighted by Crippen LogP contribution is -2.59. The van der Waals surface area contributed by atoms with E-state index in [9.17, 15) is 9.50 Å². The van der Waals surface area contributed by atoms with E-state index in [1.54, 1.807) is 47.4 Å². The maximum Gasteiger partial charge on any atom is 0.233 e. The number of piperidine rings is 2. The van der Waals surface area contributed by atoms with Crippen molar-refractivity contribution in [3.05, 3.63) is 42.7 Å². The van der Waals surface area contributed by atoms with E-state index in [0.29, 0.717) is 35.3 Å². The number of ether oxygens (including phenoxy) is 1. The van der Waals surface area contributed by atoms with Crippen LogP contribution in [0.15, 0.2) is 42.7 Å². The maximum atomic E-state index is 14.7. The van der Waals surface area contributed by atoms with E-state index in [4.69, 9.17) is 4.74 Å². The summed E-state index contributed by atoms with van der Waals surface area (Å²) in [4.78, 5) is 0. The number of hydrogen-bond acceptors (Lipinski definition) is 7. The van der Waals surface area contributed by atoms with Gasteiger partial charge in [0, 0.05) is 36.2 Å². The van der Waals surface area contributed by atoms with Crippen LogP contribution in [0.3, 0.4) is 0 Å². The minimum Gasteiger partial charge on any atom is -0.507 e. The third kappa shape index (κ3) is 3.53. The molecule has 5 rings (SSSR count). The van der Waals surface area contributed by atoms with Gasteiger partial charge in [0.15, 0.2) is 6.17 Å². The third-order valence-corrected chi connectivity index (χ3v) is 5.63. The molecule has 2 aliphatic rings. The number of nitrogens with zero attached hydrogens (tertiary/aromatic N) is 5. The van der Waals surface area contributed by atoms with Crippen LogP contribution in [-0.2, 0) is 0 Å². The standard InChI is InChI=1S/C20H21FN6O2/c21-20-16-3-1-2-12(23-16)10-18(20)29-19-7-6-15(24-25-19)14-5-4-13(11-17(14)28)27-9-8-22-26-27/h4-9,11-12,16,18,20,23,28H,1-3,10H2/t12?,16?,18-,20-/m0/s1. The van der Waals surface area contributed by atoms with E-state index in [1.165, 1.54) is 0 Å². The Morgan fingerprint density at radius 3 is 2.86 bits per heavy atom. The molecule has 0 saturated carbocycles. The average molecular weight is 396 g/mol. The van der Waals surface area contributed by atoms with E-state index >= 15 is 0 Å². The molecule has 0 aliphatic carbocycles. The van der Waals surface area contributed by atoms with E-state index < -0.39 is 12.3 Å². The van der Waals surface area contributed by atoms with Crippen LogP contribution in [0.4, 0.5) is 4.39 Å². The molecule has 0 amide bonds. The molecule has 0 spiro atoms. The van der Waals surface area contributed by atoms with Gasteiger partial charge in [-0.2, -0.15) is 0 Å². The molecule has 2 aliphatic heterocycles. The molecule has 0 radical (unpaired) electrons. The Morgan fingerprint density at radius 1 is 1.17 bits per heavy atom. The van der Waals surface area contributed by atoms with Crippen LogP contribution < -0.4 is 10.1 Å². The molecule has 2 bridgehead atoms. The minimum atomic E-state index is -1.05. The van der Waals surface area contributed by atoms with Crippen molar-refractivity contribution in [1.82, 2.24) is 30.5 Å². The van der Waals surface area contributed by atoms with Crippen molar-refractivity contribution in [3.8, 4) is 28.6 Å². The number of halogens is 1. The molecule has 29 heavy (non-hydrogen) atoms. The van der Waals surface area contributed by atoms with Gasteiger partial charge < -0.3 is 15.2 Å². The molecule has 2 saturated heterocycles. The van der Waals surface area contributed by atoms with E-state index in [1.807, 2.05) is 0 Å². The zero-order chi connectivity index (χ0) is 19.8. The van der Waals surface area contributed by atoms with Gasteiger partial charge in [-0.1, -0.05) is 11.6 Å². The predicted molar refractivity (Wildman–Crippen MR) is 103 cm³/mol. The second-order valence-electron chi connectivity index (χ2n) is 7.54. The lowest BCUT2D eigenvalue weighted by Gasteiger charge is -2.42. The van der Waals surface area contributed by atoms with Gasteiger partial charge in [-0.3, -0.25) is 0 Å². The Hall–Kier alpha value is -3.07. The lowest BCUT2D eigenvalue weighted by atomic mass is 9.84. The highest BCUT2D eigenvalue weighted by molar-refractivity contribution is 5.68. The molecular weight excluding hydrogens is 375 g/mol. The van der Waals surface area contributed by atoms with Gasteiger partial charge >= 0.3 is 0 Å². The normalized spacial score (nSPS) is 26.2. The number of phenolic OH excluding ortho intramolecular Hbond substituents is 1. The SMILES string of the molecule is Oc1cc(-n2ccnn2)ccc1-c1ccc(O[C@H]2CC3CCCC(N3)[C@@H]2F)nn1. The molecule has 1 aromatic carbocycles. The van der Waals surface area contributed by atoms with Gasteiger partial charge in [0.25, 0.3) is 0 Å². The molecular formula is C20H21FN6O2. The molecule has 4 heterocycles. The highest BCUT2D eigenvalue weighted by Gasteiger charge is 2.41. The number of aromatic nitrogens is 5. The molecule has 3 aromatic rings. The van der Waals surface area contributed by atoms with E-state index in [2.05, 4.69) is 25.8 Å². The van der Waals surface area contributed by atoms with Crippen LogP contribution >= 0.6 is 0 Å². The molecule has 2 fully saturated rings. The van der Waals surface area contributed by atoms with E-state index in [-0.39, 0.29) is 11.8 Å². The van der Waals surface area contributed by atoms with Crippen molar-refractivity contribution in [3.63, 3.8) is 0 Å². The first kappa shape index (κ1) is 18.0. The van der Waals surface area contributed by atoms with Crippen LogP contribution in [-0.4, -0.2) is 54.7 Å². The Morgan fingerprint density at radius 2 is 2.10 bits per heavy atom. The summed E-state index contributed by atoms with van der Waals surface area (Å²) in [6.45, 7) is 0. The summed E-state index contributed by atoms with van der Waals surface area (Å²) >= 11 is 0. The topological polar surface area (TPSA) is 98.0 Å². The summed E-state index contributed by atoms with van der Waals surface area (Å²) in [5.74, 6) is 0.344. The van der Waals surface area contributed by atoms with Gasteiger partial charge in [-0.25, -0.2) is 9.07 Å². The average Bonchev–Trinajstić information content (AvgIpc) is 3.28. The van der Waals surface area contributed by atoms with Crippen LogP contribution in [0.25, 0.3) is 16.9 Å². The number of rotatable bonds is 4. The van der Waals surface area contributed by atoms with Gasteiger partial charge in [0.05, 0.1) is 23.8 Å². The lowest BCUT2D eigenvalue weighted by molar-refractivity contribution is 0.00652. The van der Waals surface area contributed by atoms with Crippen molar-refractivity contribution in [2.45, 2.75) is 50.0 Å². The Labute approximate surface area is 166 Å². The number of alkyl halides is 1. The van der Waals surface area contributed by atoms with Gasteiger partial charge in [0.2, 0.25) is 5.88 Å². The number of nitrogens with one attached hydrogen (secondary N) is 1. The summed E-state index contributed by atoms with van der Waals surface area (Å²) < 4.78 is 22.0. The number of aromatic hydroxyl groups is 1. The first-order chi connectivity index (χ1) is 14.2. The molecule has 150 valence electrons. The summed E-state index contributed by atoms with van der Waals surface area (Å²) in [7, 11) is 0. The number of phenols is 1. The van der Waals surface area contributed by atoms with Crippen LogP contribution in [0.1, 0.15) is 25.7 Å². The van der Waals surface area contributed by atoms with Gasteiger partial charge in [-0.15, -0.1) is 15.3 Å². The predicted octanol–water partition coefficient (Wildman–Crippen LogP) is 2.43. The van der Waals surface area contributed by atoms with Crippen molar-refractivity contribution in [2.75, 3.05) is 0 Å². The summed E-state index contributed by atoms with van der Waals surface area (Å²) in [5.41, 5.74) is 1.72. The Kier molecular flexibility index (Phi) is 4.59. The van der Waals surface area contributed by atoms with Crippen molar-refractivity contribution < 1.29 is 14.2 Å². The van der Waals surface area contributed by atoms with E-state index in [0.717, 1.165) is 19.3 Å². The quantitative estimate of drug-likeness (QED) is 0.699. The Bertz CT molecular complexity index is 981. The maximum absolute atomic E-state index is 14.7. The highest BCUT2D eigenvalue weighted by atomic mass is 19.1. The fourth-order valence-electron chi connectivity index (χ4n) is 4.18. The first-order valence-electron chi connectivity index (χ1n) is 9.78. The summed E-state index contributed by atoms with van der Waals surface area (Å²) in [5, 5.41) is 29.6. The fourth-order valence-corrected chi connectivity index (χ4v) is 4.18. The smallest absolute Gasteiger partial charge is 0.233 e. The Balaban J connectivity index is 1.31. The second kappa shape index (κ2) is 7.40. The third-order valence-electron chi connectivity index (χ3n) is 5.63. The zero-order valence-corrected chi connectivity index (χ0v) is 15.6. The molecule has 2 unspecified atom stereocenters. The van der Waals surface area contributed by atoms with Crippen LogP contribution in [0.2, 0.25) is 0 Å². The second-order valence-corrected chi connectivity index (χ2v) is 7.54. The number of fused-ring (bicyclic) bond motifs is 2. The number of hydrogen-bond donors (Lipinski definition) is 2. The van der Waals surface area contributed by atoms with Crippen molar-refractivity contribution >= 4 is 0 Å². The van der Waals surface area contributed by atoms with Gasteiger partial charge in [-0.05, 0) is 31.0 Å². The van der Waals surface area contributed by atoms with Crippen molar-refractivity contribution in [2.24, 2.45) is 0 Å². The summed E-state index contributed by atoms with van der Waals surface area (Å²) in [6, 6.07) is 8.66. The van der Waals surface area contributed by atoms with Crippen LogP contribution in [0, 0.1) is 0 Å². The monoisotopic (exact) mass is 396 g/mol. The fraction of sp³-hybridized carbons (Fsp3) is 0.400. The first-order valence-corrected chi connectivity index (χ1v) is 9.78. The van der Waals surface area contributed by atoms with Crippen LogP contribution in [0.5, 0.6) is 11.6 Å². The summed E-state index contributed by atoms with van der Waals surface area (Å²) in [6.07, 6.45) is 5.27. The minimum absolute atomic E-state index is 0.0518. The van der Waals surface area contributed by atoms with Crippen molar-refractivity contribution in [1.29, 1.82) is 0 Å². The zero-order valence-electron chi connectivity index (χ0n) is 15.6.